The lowest BCUT2D eigenvalue weighted by atomic mass is 10.4. The number of halogens is 1. The van der Waals surface area contributed by atoms with Gasteiger partial charge in [-0.25, -0.2) is 8.42 Å². The van der Waals surface area contributed by atoms with Crippen LogP contribution in [0.5, 0.6) is 0 Å². The minimum atomic E-state index is -3.63. The topological polar surface area (TPSA) is 102 Å². The van der Waals surface area contributed by atoms with Gasteiger partial charge in [-0.1, -0.05) is 16.8 Å². The largest absolute Gasteiger partial charge is 0.348 e. The van der Waals surface area contributed by atoms with Gasteiger partial charge in [0, 0.05) is 11.6 Å². The molecule has 1 N–H and O–H groups in total. The van der Waals surface area contributed by atoms with Crippen molar-refractivity contribution < 1.29 is 17.7 Å². The van der Waals surface area contributed by atoms with E-state index in [1.807, 2.05) is 0 Å². The molecule has 0 saturated heterocycles. The molecule has 2 aromatic rings. The second kappa shape index (κ2) is 6.23. The van der Waals surface area contributed by atoms with Crippen LogP contribution in [0.4, 0.5) is 0 Å². The third-order valence-corrected chi connectivity index (χ3v) is 4.37. The maximum Gasteiger partial charge on any atom is 0.315 e. The Labute approximate surface area is 126 Å². The van der Waals surface area contributed by atoms with Gasteiger partial charge in [0.15, 0.2) is 15.7 Å². The van der Waals surface area contributed by atoms with Crippen molar-refractivity contribution in [3.05, 3.63) is 41.0 Å². The van der Waals surface area contributed by atoms with E-state index in [1.165, 1.54) is 24.3 Å². The van der Waals surface area contributed by atoms with Crippen molar-refractivity contribution in [2.75, 3.05) is 6.54 Å². The predicted octanol–water partition coefficient (Wildman–Crippen LogP) is 1.45. The van der Waals surface area contributed by atoms with E-state index in [9.17, 15) is 13.2 Å². The zero-order chi connectivity index (χ0) is 15.5. The fourth-order valence-corrected chi connectivity index (χ4v) is 2.84. The van der Waals surface area contributed by atoms with Gasteiger partial charge >= 0.3 is 11.8 Å². The van der Waals surface area contributed by atoms with Crippen molar-refractivity contribution in [1.82, 2.24) is 15.5 Å². The molecule has 7 nitrogen and oxygen atoms in total. The van der Waals surface area contributed by atoms with Gasteiger partial charge in [0.1, 0.15) is 5.75 Å². The fraction of sp³-hybridized carbons (Fsp3) is 0.250. The first-order valence-electron chi connectivity index (χ1n) is 6.01. The molecule has 0 aliphatic heterocycles. The van der Waals surface area contributed by atoms with Crippen LogP contribution in [0.2, 0.25) is 5.02 Å². The number of rotatable bonds is 5. The number of aromatic nitrogens is 2. The van der Waals surface area contributed by atoms with Crippen molar-refractivity contribution in [2.24, 2.45) is 0 Å². The maximum absolute atomic E-state index is 12.2. The van der Waals surface area contributed by atoms with Crippen LogP contribution in [0.1, 0.15) is 23.4 Å². The van der Waals surface area contributed by atoms with Crippen LogP contribution in [0.3, 0.4) is 0 Å². The number of benzene rings is 1. The summed E-state index contributed by atoms with van der Waals surface area (Å²) in [6.45, 7) is 2.14. The SMILES string of the molecule is CCNC(=O)c1nc(CS(=O)(=O)c2ccc(Cl)cc2)no1. The lowest BCUT2D eigenvalue weighted by Crippen LogP contribution is -2.23. The molecule has 1 heterocycles. The van der Waals surface area contributed by atoms with Gasteiger partial charge in [-0.05, 0) is 31.2 Å². The van der Waals surface area contributed by atoms with Gasteiger partial charge in [0.05, 0.1) is 4.90 Å². The average Bonchev–Trinajstić information content (AvgIpc) is 2.87. The second-order valence-corrected chi connectivity index (χ2v) is 6.51. The van der Waals surface area contributed by atoms with Crippen LogP contribution >= 0.6 is 11.6 Å². The number of nitrogens with one attached hydrogen (secondary N) is 1. The minimum Gasteiger partial charge on any atom is -0.348 e. The number of nitrogens with zero attached hydrogens (tertiary/aromatic N) is 2. The molecule has 9 heteroatoms. The van der Waals surface area contributed by atoms with Crippen LogP contribution in [0.15, 0.2) is 33.7 Å². The molecular formula is C12H12ClN3O4S. The van der Waals surface area contributed by atoms with E-state index < -0.39 is 21.5 Å². The molecule has 2 rings (SSSR count). The Kier molecular flexibility index (Phi) is 4.59. The van der Waals surface area contributed by atoms with Gasteiger partial charge < -0.3 is 9.84 Å². The van der Waals surface area contributed by atoms with Crippen molar-refractivity contribution in [2.45, 2.75) is 17.6 Å². The van der Waals surface area contributed by atoms with Crippen LogP contribution < -0.4 is 5.32 Å². The standard InChI is InChI=1S/C12H12ClN3O4S/c1-2-14-11(17)12-15-10(16-20-12)7-21(18,19)9-5-3-8(13)4-6-9/h3-6H,2,7H2,1H3,(H,14,17). The van der Waals surface area contributed by atoms with E-state index in [-0.39, 0.29) is 16.6 Å². The molecule has 0 saturated carbocycles. The Balaban J connectivity index is 2.17. The van der Waals surface area contributed by atoms with Crippen LogP contribution in [0, 0.1) is 0 Å². The van der Waals surface area contributed by atoms with Crippen molar-refractivity contribution in [3.8, 4) is 0 Å². The van der Waals surface area contributed by atoms with Gasteiger partial charge in [-0.3, -0.25) is 4.79 Å². The molecular weight excluding hydrogens is 318 g/mol. The summed E-state index contributed by atoms with van der Waals surface area (Å²) < 4.78 is 29.0. The maximum atomic E-state index is 12.2. The zero-order valence-electron chi connectivity index (χ0n) is 11.0. The Morgan fingerprint density at radius 3 is 2.62 bits per heavy atom. The summed E-state index contributed by atoms with van der Waals surface area (Å²) in [5.74, 6) is -1.35. The Hall–Kier alpha value is -1.93. The average molecular weight is 330 g/mol. The Morgan fingerprint density at radius 2 is 2.00 bits per heavy atom. The van der Waals surface area contributed by atoms with E-state index in [0.29, 0.717) is 11.6 Å². The van der Waals surface area contributed by atoms with Crippen LogP contribution in [-0.2, 0) is 15.6 Å². The monoisotopic (exact) mass is 329 g/mol. The third-order valence-electron chi connectivity index (χ3n) is 2.49. The van der Waals surface area contributed by atoms with Crippen LogP contribution in [0.25, 0.3) is 0 Å². The van der Waals surface area contributed by atoms with Gasteiger partial charge in [-0.15, -0.1) is 0 Å². The predicted molar refractivity (Wildman–Crippen MR) is 74.6 cm³/mol. The first-order valence-corrected chi connectivity index (χ1v) is 8.04. The molecule has 21 heavy (non-hydrogen) atoms. The molecule has 0 unspecified atom stereocenters. The molecule has 0 fully saturated rings. The first-order chi connectivity index (χ1) is 9.92. The number of hydrogen-bond donors (Lipinski definition) is 1. The number of carbonyl (C=O) groups is 1. The molecule has 0 aliphatic carbocycles. The second-order valence-electron chi connectivity index (χ2n) is 4.09. The summed E-state index contributed by atoms with van der Waals surface area (Å²) in [5, 5.41) is 6.41. The normalized spacial score (nSPS) is 11.3. The van der Waals surface area contributed by atoms with E-state index in [4.69, 9.17) is 16.1 Å². The minimum absolute atomic E-state index is 0.0776. The molecule has 0 aliphatic rings. The number of carbonyl (C=O) groups excluding carboxylic acids is 1. The molecule has 0 atom stereocenters. The summed E-state index contributed by atoms with van der Waals surface area (Å²) in [4.78, 5) is 15.3. The highest BCUT2D eigenvalue weighted by Crippen LogP contribution is 2.17. The fourth-order valence-electron chi connectivity index (χ4n) is 1.54. The molecule has 0 bridgehead atoms. The first kappa shape index (κ1) is 15.5. The third kappa shape index (κ3) is 3.79. The quantitative estimate of drug-likeness (QED) is 0.890. The van der Waals surface area contributed by atoms with Gasteiger partial charge in [-0.2, -0.15) is 4.98 Å². The van der Waals surface area contributed by atoms with E-state index in [1.54, 1.807) is 6.92 Å². The van der Waals surface area contributed by atoms with E-state index in [2.05, 4.69) is 15.5 Å². The summed E-state index contributed by atoms with van der Waals surface area (Å²) in [6, 6.07) is 5.74. The summed E-state index contributed by atoms with van der Waals surface area (Å²) in [7, 11) is -3.63. The van der Waals surface area contributed by atoms with E-state index in [0.717, 1.165) is 0 Å². The number of amides is 1. The smallest absolute Gasteiger partial charge is 0.315 e. The highest BCUT2D eigenvalue weighted by Gasteiger charge is 2.21. The summed E-state index contributed by atoms with van der Waals surface area (Å²) >= 11 is 5.71. The molecule has 0 spiro atoms. The molecule has 1 aromatic carbocycles. The van der Waals surface area contributed by atoms with Crippen LogP contribution in [-0.4, -0.2) is 31.0 Å². The lowest BCUT2D eigenvalue weighted by Gasteiger charge is -2.01. The van der Waals surface area contributed by atoms with E-state index >= 15 is 0 Å². The molecule has 112 valence electrons. The summed E-state index contributed by atoms with van der Waals surface area (Å²) in [5.41, 5.74) is 0. The van der Waals surface area contributed by atoms with Crippen molar-refractivity contribution >= 4 is 27.3 Å². The molecule has 1 amide bonds. The lowest BCUT2D eigenvalue weighted by molar-refractivity contribution is 0.0912. The highest BCUT2D eigenvalue weighted by molar-refractivity contribution is 7.90. The summed E-state index contributed by atoms with van der Waals surface area (Å²) in [6.07, 6.45) is 0. The molecule has 1 aromatic heterocycles. The number of sulfone groups is 1. The Bertz CT molecular complexity index is 740. The zero-order valence-corrected chi connectivity index (χ0v) is 12.6. The van der Waals surface area contributed by atoms with Gasteiger partial charge in [0.2, 0.25) is 0 Å². The Morgan fingerprint density at radius 1 is 1.33 bits per heavy atom. The molecule has 0 radical (unpaired) electrons. The van der Waals surface area contributed by atoms with Gasteiger partial charge in [0.25, 0.3) is 0 Å². The number of hydrogen-bond acceptors (Lipinski definition) is 6. The van der Waals surface area contributed by atoms with Crippen molar-refractivity contribution in [3.63, 3.8) is 0 Å². The van der Waals surface area contributed by atoms with Crippen molar-refractivity contribution in [1.29, 1.82) is 0 Å². The highest BCUT2D eigenvalue weighted by atomic mass is 35.5.